The highest BCUT2D eigenvalue weighted by atomic mass is 19.4. The van der Waals surface area contributed by atoms with Crippen LogP contribution in [0.2, 0.25) is 0 Å². The van der Waals surface area contributed by atoms with E-state index >= 15 is 0 Å². The molecule has 0 heterocycles. The molecule has 4 nitrogen and oxygen atoms in total. The number of nitrogens with zero attached hydrogens (tertiary/aromatic N) is 1. The highest BCUT2D eigenvalue weighted by molar-refractivity contribution is 5.91. The Balaban J connectivity index is 2.44. The van der Waals surface area contributed by atoms with Crippen LogP contribution >= 0.6 is 0 Å². The molecule has 3 N–H and O–H groups in total. The number of nitrogens with two attached hydrogens (primary N) is 1. The van der Waals surface area contributed by atoms with Crippen molar-refractivity contribution in [3.63, 3.8) is 0 Å². The van der Waals surface area contributed by atoms with E-state index in [9.17, 15) is 18.0 Å². The van der Waals surface area contributed by atoms with Gasteiger partial charge in [-0.1, -0.05) is 0 Å². The molecule has 112 valence electrons. The zero-order valence-electron chi connectivity index (χ0n) is 11.4. The smallest absolute Gasteiger partial charge is 0.399 e. The number of carbonyl (C=O) groups excluding carboxylic acids is 1. The minimum absolute atomic E-state index is 0.00357. The second kappa shape index (κ2) is 6.60. The predicted octanol–water partition coefficient (Wildman–Crippen LogP) is 2.40. The van der Waals surface area contributed by atoms with Gasteiger partial charge >= 0.3 is 6.18 Å². The fourth-order valence-electron chi connectivity index (χ4n) is 1.72. The predicted molar refractivity (Wildman–Crippen MR) is 72.4 cm³/mol. The first-order chi connectivity index (χ1) is 9.17. The van der Waals surface area contributed by atoms with Crippen molar-refractivity contribution in [2.24, 2.45) is 0 Å². The fraction of sp³-hybridized carbons (Fsp3) is 0.462. The number of nitrogen functional groups attached to an aromatic ring is 1. The molecule has 0 aliphatic heterocycles. The quantitative estimate of drug-likeness (QED) is 0.818. The van der Waals surface area contributed by atoms with E-state index in [-0.39, 0.29) is 18.9 Å². The Kier molecular flexibility index (Phi) is 5.38. The molecule has 0 atom stereocenters. The first-order valence-electron chi connectivity index (χ1n) is 6.08. The van der Waals surface area contributed by atoms with Crippen LogP contribution in [0.15, 0.2) is 18.2 Å². The topological polar surface area (TPSA) is 58.4 Å². The standard InChI is InChI=1S/C13H18F3N3O/c1-9-7-10(17)3-4-11(9)18-12(20)5-6-19(2)8-13(14,15)16/h3-4,7H,5-6,8,17H2,1-2H3,(H,18,20). The highest BCUT2D eigenvalue weighted by Gasteiger charge is 2.29. The fourth-order valence-corrected chi connectivity index (χ4v) is 1.72. The van der Waals surface area contributed by atoms with Crippen molar-refractivity contribution in [1.29, 1.82) is 0 Å². The highest BCUT2D eigenvalue weighted by Crippen LogP contribution is 2.18. The van der Waals surface area contributed by atoms with E-state index in [0.717, 1.165) is 10.5 Å². The number of hydrogen-bond acceptors (Lipinski definition) is 3. The first-order valence-corrected chi connectivity index (χ1v) is 6.08. The van der Waals surface area contributed by atoms with Crippen molar-refractivity contribution < 1.29 is 18.0 Å². The molecule has 0 spiro atoms. The number of rotatable bonds is 5. The molecule has 0 saturated carbocycles. The Hall–Kier alpha value is -1.76. The van der Waals surface area contributed by atoms with Gasteiger partial charge in [0.2, 0.25) is 5.91 Å². The van der Waals surface area contributed by atoms with Crippen molar-refractivity contribution in [3.8, 4) is 0 Å². The van der Waals surface area contributed by atoms with E-state index < -0.39 is 12.7 Å². The van der Waals surface area contributed by atoms with Crippen LogP contribution in [0.1, 0.15) is 12.0 Å². The maximum atomic E-state index is 12.1. The van der Waals surface area contributed by atoms with Crippen LogP contribution in [0.3, 0.4) is 0 Å². The molecule has 0 radical (unpaired) electrons. The molecule has 0 saturated heterocycles. The molecule has 0 aromatic heterocycles. The molecular formula is C13H18F3N3O. The van der Waals surface area contributed by atoms with Gasteiger partial charge in [-0.2, -0.15) is 13.2 Å². The number of amides is 1. The van der Waals surface area contributed by atoms with E-state index in [4.69, 9.17) is 5.73 Å². The van der Waals surface area contributed by atoms with Crippen molar-refractivity contribution >= 4 is 17.3 Å². The third kappa shape index (κ3) is 5.92. The monoisotopic (exact) mass is 289 g/mol. The summed E-state index contributed by atoms with van der Waals surface area (Å²) in [5.41, 5.74) is 7.60. The molecule has 1 aromatic carbocycles. The summed E-state index contributed by atoms with van der Waals surface area (Å²) in [4.78, 5) is 12.7. The number of aryl methyl sites for hydroxylation is 1. The van der Waals surface area contributed by atoms with Crippen molar-refractivity contribution in [2.45, 2.75) is 19.5 Å². The summed E-state index contributed by atoms with van der Waals surface area (Å²) in [6, 6.07) is 5.03. The van der Waals surface area contributed by atoms with Gasteiger partial charge in [0.25, 0.3) is 0 Å². The zero-order valence-corrected chi connectivity index (χ0v) is 11.4. The molecule has 1 rings (SSSR count). The molecule has 7 heteroatoms. The number of halogens is 3. The molecular weight excluding hydrogens is 271 g/mol. The third-order valence-corrected chi connectivity index (χ3v) is 2.69. The van der Waals surface area contributed by atoms with Crippen molar-refractivity contribution in [1.82, 2.24) is 4.90 Å². The van der Waals surface area contributed by atoms with E-state index in [0.29, 0.717) is 11.4 Å². The molecule has 0 bridgehead atoms. The second-order valence-electron chi connectivity index (χ2n) is 4.73. The van der Waals surface area contributed by atoms with E-state index in [1.807, 2.05) is 0 Å². The lowest BCUT2D eigenvalue weighted by Crippen LogP contribution is -2.33. The van der Waals surface area contributed by atoms with Crippen LogP contribution in [0, 0.1) is 6.92 Å². The summed E-state index contributed by atoms with van der Waals surface area (Å²) in [6.45, 7) is 0.808. The minimum Gasteiger partial charge on any atom is -0.399 e. The lowest BCUT2D eigenvalue weighted by molar-refractivity contribution is -0.144. The second-order valence-corrected chi connectivity index (χ2v) is 4.73. The van der Waals surface area contributed by atoms with Gasteiger partial charge in [-0.05, 0) is 37.7 Å². The van der Waals surface area contributed by atoms with Crippen LogP contribution in [-0.4, -0.2) is 37.1 Å². The van der Waals surface area contributed by atoms with Crippen molar-refractivity contribution in [2.75, 3.05) is 31.2 Å². The average molecular weight is 289 g/mol. The van der Waals surface area contributed by atoms with Gasteiger partial charge in [0.15, 0.2) is 0 Å². The molecule has 0 aliphatic carbocycles. The van der Waals surface area contributed by atoms with Gasteiger partial charge in [0, 0.05) is 24.3 Å². The molecule has 1 aromatic rings. The molecule has 0 fully saturated rings. The average Bonchev–Trinajstić information content (AvgIpc) is 2.28. The van der Waals surface area contributed by atoms with Crippen LogP contribution in [0.25, 0.3) is 0 Å². The number of nitrogens with one attached hydrogen (secondary N) is 1. The number of alkyl halides is 3. The Morgan fingerprint density at radius 3 is 2.60 bits per heavy atom. The molecule has 1 amide bonds. The maximum absolute atomic E-state index is 12.1. The van der Waals surface area contributed by atoms with Gasteiger partial charge in [-0.15, -0.1) is 0 Å². The largest absolute Gasteiger partial charge is 0.401 e. The van der Waals surface area contributed by atoms with E-state index in [1.54, 1.807) is 25.1 Å². The Bertz CT molecular complexity index is 474. The number of hydrogen-bond donors (Lipinski definition) is 2. The summed E-state index contributed by atoms with van der Waals surface area (Å²) in [5, 5.41) is 2.65. The van der Waals surface area contributed by atoms with Crippen LogP contribution < -0.4 is 11.1 Å². The number of carbonyl (C=O) groups is 1. The van der Waals surface area contributed by atoms with E-state index in [1.165, 1.54) is 7.05 Å². The van der Waals surface area contributed by atoms with Gasteiger partial charge in [-0.3, -0.25) is 9.69 Å². The van der Waals surface area contributed by atoms with Crippen LogP contribution in [-0.2, 0) is 4.79 Å². The number of anilines is 2. The van der Waals surface area contributed by atoms with Crippen molar-refractivity contribution in [3.05, 3.63) is 23.8 Å². The maximum Gasteiger partial charge on any atom is 0.401 e. The van der Waals surface area contributed by atoms with Gasteiger partial charge in [0.05, 0.1) is 6.54 Å². The first kappa shape index (κ1) is 16.3. The Morgan fingerprint density at radius 2 is 2.05 bits per heavy atom. The molecule has 0 unspecified atom stereocenters. The minimum atomic E-state index is -4.25. The Morgan fingerprint density at radius 1 is 1.40 bits per heavy atom. The zero-order chi connectivity index (χ0) is 15.3. The summed E-state index contributed by atoms with van der Waals surface area (Å²) >= 11 is 0. The summed E-state index contributed by atoms with van der Waals surface area (Å²) in [6.07, 6.45) is -4.25. The van der Waals surface area contributed by atoms with Gasteiger partial charge in [-0.25, -0.2) is 0 Å². The SMILES string of the molecule is Cc1cc(N)ccc1NC(=O)CCN(C)CC(F)(F)F. The lowest BCUT2D eigenvalue weighted by Gasteiger charge is -2.18. The summed E-state index contributed by atoms with van der Waals surface area (Å²) in [5.74, 6) is -0.327. The summed E-state index contributed by atoms with van der Waals surface area (Å²) in [7, 11) is 1.33. The van der Waals surface area contributed by atoms with Gasteiger partial charge < -0.3 is 11.1 Å². The lowest BCUT2D eigenvalue weighted by atomic mass is 10.2. The van der Waals surface area contributed by atoms with Gasteiger partial charge in [0.1, 0.15) is 0 Å². The molecule has 20 heavy (non-hydrogen) atoms. The third-order valence-electron chi connectivity index (χ3n) is 2.69. The molecule has 0 aliphatic rings. The van der Waals surface area contributed by atoms with Crippen LogP contribution in [0.4, 0.5) is 24.5 Å². The van der Waals surface area contributed by atoms with E-state index in [2.05, 4.69) is 5.32 Å². The normalized spacial score (nSPS) is 11.7. The Labute approximate surface area is 115 Å². The van der Waals surface area contributed by atoms with Crippen LogP contribution in [0.5, 0.6) is 0 Å². The summed E-state index contributed by atoms with van der Waals surface area (Å²) < 4.78 is 36.3. The number of benzene rings is 1.